The summed E-state index contributed by atoms with van der Waals surface area (Å²) in [4.78, 5) is 23.0. The molecule has 0 aromatic rings. The lowest BCUT2D eigenvalue weighted by molar-refractivity contribution is -0.208. The quantitative estimate of drug-likeness (QED) is 0.697. The van der Waals surface area contributed by atoms with E-state index in [9.17, 15) is 19.8 Å². The van der Waals surface area contributed by atoms with E-state index in [1.807, 2.05) is 13.8 Å². The fraction of sp³-hybridized carbons (Fsp3) is 0.867. The van der Waals surface area contributed by atoms with Crippen molar-refractivity contribution in [2.75, 3.05) is 14.2 Å². The van der Waals surface area contributed by atoms with Gasteiger partial charge in [0.1, 0.15) is 6.10 Å². The van der Waals surface area contributed by atoms with Gasteiger partial charge in [-0.15, -0.1) is 0 Å². The molecule has 1 aliphatic carbocycles. The van der Waals surface area contributed by atoms with Gasteiger partial charge < -0.3 is 24.4 Å². The maximum Gasteiger partial charge on any atom is 0.309 e. The van der Waals surface area contributed by atoms with E-state index in [2.05, 4.69) is 0 Å². The molecule has 0 amide bonds. The first-order valence-corrected chi connectivity index (χ1v) is 7.57. The minimum Gasteiger partial charge on any atom is -0.481 e. The summed E-state index contributed by atoms with van der Waals surface area (Å²) in [6.45, 7) is 3.92. The lowest BCUT2D eigenvalue weighted by Gasteiger charge is -2.43. The van der Waals surface area contributed by atoms with Crippen molar-refractivity contribution < 1.29 is 34.0 Å². The molecule has 0 spiro atoms. The summed E-state index contributed by atoms with van der Waals surface area (Å²) in [5.41, 5.74) is 0. The minimum atomic E-state index is -1.08. The van der Waals surface area contributed by atoms with Crippen LogP contribution < -0.4 is 0 Å². The Kier molecular flexibility index (Phi) is 7.25. The maximum atomic E-state index is 11.5. The number of hydrogen-bond acceptors (Lipinski definition) is 5. The zero-order valence-corrected chi connectivity index (χ0v) is 13.5. The van der Waals surface area contributed by atoms with Crippen LogP contribution in [-0.2, 0) is 23.8 Å². The fourth-order valence-electron chi connectivity index (χ4n) is 3.12. The summed E-state index contributed by atoms with van der Waals surface area (Å²) < 4.78 is 16.7. The third-order valence-electron chi connectivity index (χ3n) is 4.39. The molecule has 0 bridgehead atoms. The van der Waals surface area contributed by atoms with E-state index in [0.29, 0.717) is 0 Å². The highest BCUT2D eigenvalue weighted by molar-refractivity contribution is 5.75. The molecule has 1 saturated carbocycles. The van der Waals surface area contributed by atoms with Crippen LogP contribution in [0.15, 0.2) is 0 Å². The van der Waals surface area contributed by atoms with Gasteiger partial charge in [0.2, 0.25) is 0 Å². The molecule has 0 radical (unpaired) electrons. The van der Waals surface area contributed by atoms with Crippen LogP contribution in [-0.4, -0.2) is 60.8 Å². The van der Waals surface area contributed by atoms with Crippen LogP contribution in [0, 0.1) is 11.8 Å². The first-order chi connectivity index (χ1) is 10.4. The Labute approximate surface area is 130 Å². The lowest BCUT2D eigenvalue weighted by atomic mass is 9.75. The van der Waals surface area contributed by atoms with Crippen molar-refractivity contribution in [3.8, 4) is 0 Å². The van der Waals surface area contributed by atoms with Gasteiger partial charge in [0.05, 0.1) is 30.1 Å². The molecule has 1 aliphatic rings. The van der Waals surface area contributed by atoms with Gasteiger partial charge in [0, 0.05) is 14.2 Å². The van der Waals surface area contributed by atoms with Crippen molar-refractivity contribution >= 4 is 11.9 Å². The molecular formula is C15H26O7. The first-order valence-electron chi connectivity index (χ1n) is 7.57. The van der Waals surface area contributed by atoms with Crippen LogP contribution in [0.2, 0.25) is 0 Å². The van der Waals surface area contributed by atoms with Crippen molar-refractivity contribution in [1.82, 2.24) is 0 Å². The summed E-state index contributed by atoms with van der Waals surface area (Å²) in [6.07, 6.45) is -0.842. The van der Waals surface area contributed by atoms with Crippen LogP contribution in [0.1, 0.15) is 33.1 Å². The van der Waals surface area contributed by atoms with Crippen LogP contribution in [0.25, 0.3) is 0 Å². The zero-order chi connectivity index (χ0) is 16.9. The third-order valence-corrected chi connectivity index (χ3v) is 4.39. The van der Waals surface area contributed by atoms with Gasteiger partial charge in [0.15, 0.2) is 0 Å². The van der Waals surface area contributed by atoms with E-state index in [4.69, 9.17) is 14.2 Å². The number of aliphatic carboxylic acids is 2. The molecule has 4 atom stereocenters. The summed E-state index contributed by atoms with van der Waals surface area (Å²) in [6, 6.07) is 0. The van der Waals surface area contributed by atoms with Crippen LogP contribution in [0.4, 0.5) is 0 Å². The molecule has 0 aliphatic heterocycles. The predicted octanol–water partition coefficient (Wildman–Crippen LogP) is 1.40. The van der Waals surface area contributed by atoms with Crippen LogP contribution >= 0.6 is 0 Å². The Morgan fingerprint density at radius 1 is 0.955 bits per heavy atom. The van der Waals surface area contributed by atoms with E-state index in [1.165, 1.54) is 14.2 Å². The summed E-state index contributed by atoms with van der Waals surface area (Å²) >= 11 is 0. The van der Waals surface area contributed by atoms with E-state index in [-0.39, 0.29) is 12.5 Å². The smallest absolute Gasteiger partial charge is 0.309 e. The topological polar surface area (TPSA) is 102 Å². The normalized spacial score (nSPS) is 32.1. The Hall–Kier alpha value is -1.18. The van der Waals surface area contributed by atoms with Crippen molar-refractivity contribution in [1.29, 1.82) is 0 Å². The standard InChI is InChI=1S/C15H26O7/c1-5-8(6-2)22-13-11(20-3)9(14(16)17)7-10(15(18)19)12(13)21-4/h8-13H,5-7H2,1-4H3,(H,16,17)(H,18,19). The Balaban J connectivity index is 3.14. The molecule has 1 rings (SSSR count). The van der Waals surface area contributed by atoms with Crippen molar-refractivity contribution in [2.45, 2.75) is 57.5 Å². The monoisotopic (exact) mass is 318 g/mol. The van der Waals surface area contributed by atoms with Gasteiger partial charge in [-0.1, -0.05) is 13.8 Å². The van der Waals surface area contributed by atoms with Crippen molar-refractivity contribution in [3.05, 3.63) is 0 Å². The molecule has 0 aromatic carbocycles. The number of methoxy groups -OCH3 is 2. The Bertz CT molecular complexity index is 352. The van der Waals surface area contributed by atoms with E-state index in [0.717, 1.165) is 12.8 Å². The van der Waals surface area contributed by atoms with Gasteiger partial charge in [-0.25, -0.2) is 0 Å². The number of ether oxygens (including phenoxy) is 3. The first kappa shape index (κ1) is 18.9. The summed E-state index contributed by atoms with van der Waals surface area (Å²) in [5.74, 6) is -4.02. The molecule has 128 valence electrons. The molecule has 7 heteroatoms. The highest BCUT2D eigenvalue weighted by atomic mass is 16.6. The molecule has 2 N–H and O–H groups in total. The van der Waals surface area contributed by atoms with Crippen molar-refractivity contribution in [2.24, 2.45) is 11.8 Å². The molecule has 22 heavy (non-hydrogen) atoms. The minimum absolute atomic E-state index is 0.0372. The predicted molar refractivity (Wildman–Crippen MR) is 77.7 cm³/mol. The van der Waals surface area contributed by atoms with E-state index < -0.39 is 42.1 Å². The molecule has 4 unspecified atom stereocenters. The third kappa shape index (κ3) is 3.97. The highest BCUT2D eigenvalue weighted by Crippen LogP contribution is 2.36. The van der Waals surface area contributed by atoms with Gasteiger partial charge >= 0.3 is 11.9 Å². The number of carboxylic acids is 2. The van der Waals surface area contributed by atoms with Crippen LogP contribution in [0.3, 0.4) is 0 Å². The largest absolute Gasteiger partial charge is 0.481 e. The molecule has 1 fully saturated rings. The average molecular weight is 318 g/mol. The SMILES string of the molecule is CCC(CC)OC1C(OC)C(C(=O)O)CC(C(=O)O)C1OC. The zero-order valence-electron chi connectivity index (χ0n) is 13.5. The number of carbonyl (C=O) groups is 2. The van der Waals surface area contributed by atoms with Gasteiger partial charge in [-0.05, 0) is 19.3 Å². The second-order valence-electron chi connectivity index (χ2n) is 5.57. The Morgan fingerprint density at radius 2 is 1.36 bits per heavy atom. The molecule has 7 nitrogen and oxygen atoms in total. The van der Waals surface area contributed by atoms with Gasteiger partial charge in [-0.2, -0.15) is 0 Å². The second-order valence-corrected chi connectivity index (χ2v) is 5.57. The summed E-state index contributed by atoms with van der Waals surface area (Å²) in [7, 11) is 2.83. The molecule has 0 saturated heterocycles. The van der Waals surface area contributed by atoms with Gasteiger partial charge in [0.25, 0.3) is 0 Å². The second kappa shape index (κ2) is 8.45. The molecular weight excluding hydrogens is 292 g/mol. The van der Waals surface area contributed by atoms with Crippen LogP contribution in [0.5, 0.6) is 0 Å². The Morgan fingerprint density at radius 3 is 1.64 bits per heavy atom. The maximum absolute atomic E-state index is 11.5. The summed E-state index contributed by atoms with van der Waals surface area (Å²) in [5, 5.41) is 18.8. The van der Waals surface area contributed by atoms with E-state index >= 15 is 0 Å². The molecule has 0 heterocycles. The molecule has 0 aromatic heterocycles. The lowest BCUT2D eigenvalue weighted by Crippen LogP contribution is -2.58. The average Bonchev–Trinajstić information content (AvgIpc) is 2.50. The van der Waals surface area contributed by atoms with E-state index in [1.54, 1.807) is 0 Å². The number of carboxylic acid groups (broad SMARTS) is 2. The van der Waals surface area contributed by atoms with Crippen molar-refractivity contribution in [3.63, 3.8) is 0 Å². The number of hydrogen-bond donors (Lipinski definition) is 2. The van der Waals surface area contributed by atoms with Gasteiger partial charge in [-0.3, -0.25) is 9.59 Å². The highest BCUT2D eigenvalue weighted by Gasteiger charge is 2.51. The number of rotatable bonds is 8. The fourth-order valence-corrected chi connectivity index (χ4v) is 3.12.